The second-order valence-electron chi connectivity index (χ2n) is 4.43. The first-order valence-corrected chi connectivity index (χ1v) is 6.28. The Bertz CT molecular complexity index is 806. The molecule has 0 amide bonds. The summed E-state index contributed by atoms with van der Waals surface area (Å²) >= 11 is 5.85. The van der Waals surface area contributed by atoms with Crippen molar-refractivity contribution < 1.29 is 15.1 Å². The maximum absolute atomic E-state index is 11.0. The zero-order valence-electron chi connectivity index (χ0n) is 10.2. The number of rotatable bonds is 2. The van der Waals surface area contributed by atoms with Crippen molar-refractivity contribution >= 4 is 28.5 Å². The molecule has 0 spiro atoms. The molecule has 2 N–H and O–H groups in total. The molecule has 0 saturated carbocycles. The van der Waals surface area contributed by atoms with E-state index in [4.69, 9.17) is 16.7 Å². The van der Waals surface area contributed by atoms with Gasteiger partial charge in [-0.05, 0) is 41.5 Å². The Morgan fingerprint density at radius 3 is 2.30 bits per heavy atom. The maximum Gasteiger partial charge on any atom is 0.356 e. The van der Waals surface area contributed by atoms with Crippen molar-refractivity contribution in [3.8, 4) is 11.1 Å². The molecule has 0 bridgehead atoms. The van der Waals surface area contributed by atoms with E-state index >= 15 is 0 Å². The highest BCUT2D eigenvalue weighted by molar-refractivity contribution is 6.30. The quantitative estimate of drug-likeness (QED) is 0.703. The Hall–Kier alpha value is -2.46. The third-order valence-electron chi connectivity index (χ3n) is 3.17. The Morgan fingerprint density at radius 1 is 1.00 bits per heavy atom. The first kappa shape index (κ1) is 12.6. The molecule has 100 valence electrons. The van der Waals surface area contributed by atoms with Crippen molar-refractivity contribution in [3.63, 3.8) is 0 Å². The van der Waals surface area contributed by atoms with E-state index in [-0.39, 0.29) is 5.69 Å². The maximum atomic E-state index is 11.0. The van der Waals surface area contributed by atoms with Gasteiger partial charge < -0.3 is 10.3 Å². The van der Waals surface area contributed by atoms with Gasteiger partial charge in [-0.1, -0.05) is 29.8 Å². The number of carboxylic acid groups (broad SMARTS) is 1. The summed E-state index contributed by atoms with van der Waals surface area (Å²) in [7, 11) is 0. The molecule has 0 atom stereocenters. The Balaban J connectivity index is 2.15. The summed E-state index contributed by atoms with van der Waals surface area (Å²) in [6, 6.07) is 14.1. The van der Waals surface area contributed by atoms with Crippen molar-refractivity contribution in [2.24, 2.45) is 0 Å². The van der Waals surface area contributed by atoms with E-state index in [1.807, 2.05) is 24.3 Å². The molecule has 0 saturated heterocycles. The number of nitrogens with zero attached hydrogens (tertiary/aromatic N) is 1. The van der Waals surface area contributed by atoms with E-state index in [0.717, 1.165) is 11.1 Å². The molecule has 4 nitrogen and oxygen atoms in total. The molecule has 5 heteroatoms. The summed E-state index contributed by atoms with van der Waals surface area (Å²) in [5, 5.41) is 20.1. The highest BCUT2D eigenvalue weighted by Gasteiger charge is 2.14. The van der Waals surface area contributed by atoms with E-state index in [0.29, 0.717) is 20.7 Å². The molecular formula is C15H10ClNO3. The van der Waals surface area contributed by atoms with Crippen LogP contribution in [0.5, 0.6) is 0 Å². The molecule has 20 heavy (non-hydrogen) atoms. The molecule has 1 aromatic heterocycles. The van der Waals surface area contributed by atoms with E-state index in [1.54, 1.807) is 18.2 Å². The molecule has 3 rings (SSSR count). The number of halogens is 1. The van der Waals surface area contributed by atoms with Crippen LogP contribution in [0, 0.1) is 0 Å². The van der Waals surface area contributed by atoms with Gasteiger partial charge in [-0.2, -0.15) is 4.73 Å². The van der Waals surface area contributed by atoms with Crippen LogP contribution >= 0.6 is 11.6 Å². The molecule has 2 aromatic carbocycles. The van der Waals surface area contributed by atoms with Crippen molar-refractivity contribution in [1.29, 1.82) is 0 Å². The molecule has 0 unspecified atom stereocenters. The lowest BCUT2D eigenvalue weighted by Gasteiger charge is -2.03. The van der Waals surface area contributed by atoms with Gasteiger partial charge in [0, 0.05) is 10.4 Å². The normalized spacial score (nSPS) is 10.8. The first-order chi connectivity index (χ1) is 9.56. The minimum Gasteiger partial charge on any atom is -0.476 e. The smallest absolute Gasteiger partial charge is 0.356 e. The molecule has 0 aliphatic heterocycles. The van der Waals surface area contributed by atoms with E-state index in [1.165, 1.54) is 6.07 Å². The minimum absolute atomic E-state index is 0.159. The van der Waals surface area contributed by atoms with Crippen molar-refractivity contribution in [3.05, 3.63) is 59.2 Å². The van der Waals surface area contributed by atoms with E-state index < -0.39 is 5.97 Å². The highest BCUT2D eigenvalue weighted by atomic mass is 35.5. The lowest BCUT2D eigenvalue weighted by atomic mass is 10.0. The van der Waals surface area contributed by atoms with Crippen LogP contribution in [-0.4, -0.2) is 21.0 Å². The van der Waals surface area contributed by atoms with Crippen LogP contribution in [0.1, 0.15) is 10.5 Å². The molecule has 0 aliphatic carbocycles. The summed E-state index contributed by atoms with van der Waals surface area (Å²) in [5.74, 6) is -1.17. The van der Waals surface area contributed by atoms with Crippen LogP contribution < -0.4 is 0 Å². The molecular weight excluding hydrogens is 278 g/mol. The van der Waals surface area contributed by atoms with Gasteiger partial charge in [-0.25, -0.2) is 4.79 Å². The summed E-state index contributed by atoms with van der Waals surface area (Å²) in [4.78, 5) is 11.0. The van der Waals surface area contributed by atoms with Gasteiger partial charge in [0.25, 0.3) is 0 Å². The van der Waals surface area contributed by atoms with Gasteiger partial charge in [-0.3, -0.25) is 0 Å². The van der Waals surface area contributed by atoms with Crippen LogP contribution in [0.3, 0.4) is 0 Å². The molecule has 0 radical (unpaired) electrons. The second kappa shape index (κ2) is 4.58. The molecule has 0 fully saturated rings. The lowest BCUT2D eigenvalue weighted by molar-refractivity contribution is 0.0649. The minimum atomic E-state index is -1.17. The number of carbonyl (C=O) groups is 1. The number of aromatic carboxylic acids is 1. The fraction of sp³-hybridized carbons (Fsp3) is 0. The summed E-state index contributed by atoms with van der Waals surface area (Å²) in [6.07, 6.45) is 0. The fourth-order valence-electron chi connectivity index (χ4n) is 2.18. The van der Waals surface area contributed by atoms with Gasteiger partial charge >= 0.3 is 5.97 Å². The molecule has 0 aliphatic rings. The SMILES string of the molecule is O=C(O)c1cc2cc(-c3ccc(Cl)cc3)ccc2n1O. The fourth-order valence-corrected chi connectivity index (χ4v) is 2.30. The number of carboxylic acids is 1. The zero-order valence-corrected chi connectivity index (χ0v) is 11.0. The largest absolute Gasteiger partial charge is 0.476 e. The van der Waals surface area contributed by atoms with Crippen LogP contribution in [0.15, 0.2) is 48.5 Å². The van der Waals surface area contributed by atoms with Gasteiger partial charge in [-0.15, -0.1) is 0 Å². The van der Waals surface area contributed by atoms with Crippen LogP contribution in [-0.2, 0) is 0 Å². The van der Waals surface area contributed by atoms with Crippen molar-refractivity contribution in [2.75, 3.05) is 0 Å². The zero-order chi connectivity index (χ0) is 14.3. The number of aromatic nitrogens is 1. The van der Waals surface area contributed by atoms with E-state index in [9.17, 15) is 10.0 Å². The Labute approximate surface area is 119 Å². The highest BCUT2D eigenvalue weighted by Crippen LogP contribution is 2.27. The van der Waals surface area contributed by atoms with Gasteiger partial charge in [0.05, 0.1) is 5.52 Å². The predicted molar refractivity (Wildman–Crippen MR) is 76.5 cm³/mol. The summed E-state index contributed by atoms with van der Waals surface area (Å²) in [5.41, 5.74) is 2.20. The standard InChI is InChI=1S/C15H10ClNO3/c16-12-4-1-9(2-5-12)10-3-6-13-11(7-10)8-14(15(18)19)17(13)20/h1-8,20H,(H,18,19). The summed E-state index contributed by atoms with van der Waals surface area (Å²) in [6.45, 7) is 0. The number of hydrogen-bond donors (Lipinski definition) is 2. The Morgan fingerprint density at radius 2 is 1.65 bits per heavy atom. The Kier molecular flexibility index (Phi) is 2.88. The monoisotopic (exact) mass is 287 g/mol. The third kappa shape index (κ3) is 2.00. The number of hydrogen-bond acceptors (Lipinski definition) is 2. The lowest BCUT2D eigenvalue weighted by Crippen LogP contribution is -2.04. The van der Waals surface area contributed by atoms with Crippen LogP contribution in [0.25, 0.3) is 22.0 Å². The van der Waals surface area contributed by atoms with Crippen LogP contribution in [0.2, 0.25) is 5.02 Å². The van der Waals surface area contributed by atoms with Crippen molar-refractivity contribution in [1.82, 2.24) is 4.73 Å². The third-order valence-corrected chi connectivity index (χ3v) is 3.42. The average molecular weight is 288 g/mol. The van der Waals surface area contributed by atoms with Gasteiger partial charge in [0.15, 0.2) is 5.69 Å². The first-order valence-electron chi connectivity index (χ1n) is 5.90. The number of benzene rings is 2. The topological polar surface area (TPSA) is 62.5 Å². The van der Waals surface area contributed by atoms with Gasteiger partial charge in [0.1, 0.15) is 0 Å². The van der Waals surface area contributed by atoms with Crippen molar-refractivity contribution in [2.45, 2.75) is 0 Å². The predicted octanol–water partition coefficient (Wildman–Crippen LogP) is 3.90. The molecule has 1 heterocycles. The van der Waals surface area contributed by atoms with Crippen LogP contribution in [0.4, 0.5) is 0 Å². The number of fused-ring (bicyclic) bond motifs is 1. The average Bonchev–Trinajstić information content (AvgIpc) is 2.77. The summed E-state index contributed by atoms with van der Waals surface area (Å²) < 4.78 is 0.684. The van der Waals surface area contributed by atoms with E-state index in [2.05, 4.69) is 0 Å². The second-order valence-corrected chi connectivity index (χ2v) is 4.86. The molecule has 3 aromatic rings. The van der Waals surface area contributed by atoms with Gasteiger partial charge in [0.2, 0.25) is 0 Å².